The summed E-state index contributed by atoms with van der Waals surface area (Å²) in [5.41, 5.74) is 8.08. The number of hydrogen-bond donors (Lipinski definition) is 1. The Hall–Kier alpha value is -0.860. The van der Waals surface area contributed by atoms with E-state index in [4.69, 9.17) is 5.73 Å². The van der Waals surface area contributed by atoms with Crippen LogP contribution in [0.5, 0.6) is 0 Å². The molecular weight excluding hydrogens is 232 g/mol. The van der Waals surface area contributed by atoms with E-state index in [1.807, 2.05) is 0 Å². The van der Waals surface area contributed by atoms with Crippen LogP contribution in [-0.2, 0) is 6.42 Å². The zero-order valence-electron chi connectivity index (χ0n) is 12.6. The molecule has 0 saturated carbocycles. The van der Waals surface area contributed by atoms with E-state index < -0.39 is 0 Å². The van der Waals surface area contributed by atoms with Crippen LogP contribution in [0.25, 0.3) is 0 Å². The van der Waals surface area contributed by atoms with Crippen LogP contribution in [0.15, 0.2) is 30.3 Å². The molecule has 106 valence electrons. The van der Waals surface area contributed by atoms with Crippen LogP contribution in [0, 0.1) is 11.3 Å². The first-order chi connectivity index (χ1) is 8.95. The minimum atomic E-state index is 0.251. The molecule has 0 bridgehead atoms. The number of nitrogens with zero attached hydrogens (tertiary/aromatic N) is 1. The van der Waals surface area contributed by atoms with Crippen molar-refractivity contribution in [1.29, 1.82) is 0 Å². The van der Waals surface area contributed by atoms with Crippen LogP contribution in [-0.4, -0.2) is 30.6 Å². The minimum absolute atomic E-state index is 0.251. The van der Waals surface area contributed by atoms with Crippen molar-refractivity contribution in [3.8, 4) is 0 Å². The fourth-order valence-corrected chi connectivity index (χ4v) is 3.02. The quantitative estimate of drug-likeness (QED) is 0.902. The van der Waals surface area contributed by atoms with Crippen molar-refractivity contribution in [3.63, 3.8) is 0 Å². The van der Waals surface area contributed by atoms with E-state index in [2.05, 4.69) is 56.0 Å². The molecular formula is C17H28N2. The Morgan fingerprint density at radius 1 is 1.26 bits per heavy atom. The molecule has 1 aliphatic heterocycles. The molecule has 1 heterocycles. The van der Waals surface area contributed by atoms with Gasteiger partial charge in [0.25, 0.3) is 0 Å². The minimum Gasteiger partial charge on any atom is -0.326 e. The molecule has 2 heteroatoms. The second-order valence-corrected chi connectivity index (χ2v) is 7.06. The molecule has 1 fully saturated rings. The lowest BCUT2D eigenvalue weighted by Crippen LogP contribution is -2.38. The topological polar surface area (TPSA) is 29.3 Å². The van der Waals surface area contributed by atoms with Gasteiger partial charge < -0.3 is 10.6 Å². The Kier molecular flexibility index (Phi) is 4.64. The average Bonchev–Trinajstić information content (AvgIpc) is 2.78. The Bertz CT molecular complexity index is 380. The highest BCUT2D eigenvalue weighted by Gasteiger charge is 2.31. The molecule has 0 radical (unpaired) electrons. The Morgan fingerprint density at radius 2 is 1.95 bits per heavy atom. The highest BCUT2D eigenvalue weighted by molar-refractivity contribution is 5.15. The van der Waals surface area contributed by atoms with Crippen molar-refractivity contribution in [2.45, 2.75) is 39.7 Å². The van der Waals surface area contributed by atoms with Crippen LogP contribution < -0.4 is 5.73 Å². The summed E-state index contributed by atoms with van der Waals surface area (Å²) in [5.74, 6) is 0.816. The van der Waals surface area contributed by atoms with Crippen molar-refractivity contribution in [1.82, 2.24) is 4.90 Å². The Balaban J connectivity index is 1.79. The molecule has 2 nitrogen and oxygen atoms in total. The van der Waals surface area contributed by atoms with Crippen LogP contribution in [0.4, 0.5) is 0 Å². The van der Waals surface area contributed by atoms with Crippen molar-refractivity contribution in [2.75, 3.05) is 19.6 Å². The van der Waals surface area contributed by atoms with Gasteiger partial charge in [-0.3, -0.25) is 0 Å². The first kappa shape index (κ1) is 14.5. The molecule has 1 aliphatic rings. The van der Waals surface area contributed by atoms with E-state index in [0.29, 0.717) is 5.41 Å². The molecule has 1 aromatic carbocycles. The molecule has 0 amide bonds. The van der Waals surface area contributed by atoms with Crippen LogP contribution >= 0.6 is 0 Å². The van der Waals surface area contributed by atoms with Gasteiger partial charge in [0.05, 0.1) is 0 Å². The van der Waals surface area contributed by atoms with Crippen molar-refractivity contribution in [2.24, 2.45) is 17.1 Å². The summed E-state index contributed by atoms with van der Waals surface area (Å²) >= 11 is 0. The van der Waals surface area contributed by atoms with E-state index in [-0.39, 0.29) is 6.04 Å². The molecule has 0 spiro atoms. The Labute approximate surface area is 118 Å². The highest BCUT2D eigenvalue weighted by atomic mass is 15.2. The van der Waals surface area contributed by atoms with Gasteiger partial charge in [0.15, 0.2) is 0 Å². The van der Waals surface area contributed by atoms with Crippen molar-refractivity contribution >= 4 is 0 Å². The van der Waals surface area contributed by atoms with Gasteiger partial charge in [-0.05, 0) is 36.3 Å². The SMILES string of the molecule is CC(C)(C)C1CCN(CC(N)Cc2ccccc2)C1. The summed E-state index contributed by atoms with van der Waals surface area (Å²) < 4.78 is 0. The van der Waals surface area contributed by atoms with Gasteiger partial charge in [0.2, 0.25) is 0 Å². The molecule has 2 atom stereocenters. The summed E-state index contributed by atoms with van der Waals surface area (Å²) in [7, 11) is 0. The molecule has 2 unspecified atom stereocenters. The molecule has 2 rings (SSSR count). The van der Waals surface area contributed by atoms with Crippen LogP contribution in [0.2, 0.25) is 0 Å². The largest absolute Gasteiger partial charge is 0.326 e. The maximum Gasteiger partial charge on any atom is 0.0208 e. The van der Waals surface area contributed by atoms with Crippen LogP contribution in [0.1, 0.15) is 32.8 Å². The summed E-state index contributed by atoms with van der Waals surface area (Å²) in [6.07, 6.45) is 2.30. The smallest absolute Gasteiger partial charge is 0.0208 e. The highest BCUT2D eigenvalue weighted by Crippen LogP contribution is 2.33. The lowest BCUT2D eigenvalue weighted by atomic mass is 9.80. The standard InChI is InChI=1S/C17H28N2/c1-17(2,3)15-9-10-19(12-15)13-16(18)11-14-7-5-4-6-8-14/h4-8,15-16H,9-13,18H2,1-3H3. The third-order valence-corrected chi connectivity index (χ3v) is 4.33. The fraction of sp³-hybridized carbons (Fsp3) is 0.647. The maximum absolute atomic E-state index is 6.30. The lowest BCUT2D eigenvalue weighted by molar-refractivity contribution is 0.224. The molecule has 19 heavy (non-hydrogen) atoms. The van der Waals surface area contributed by atoms with Crippen LogP contribution in [0.3, 0.4) is 0 Å². The number of hydrogen-bond acceptors (Lipinski definition) is 2. The summed E-state index contributed by atoms with van der Waals surface area (Å²) in [6.45, 7) is 10.5. The second kappa shape index (κ2) is 6.06. The summed E-state index contributed by atoms with van der Waals surface area (Å²) in [6, 6.07) is 10.8. The van der Waals surface area contributed by atoms with E-state index in [9.17, 15) is 0 Å². The van der Waals surface area contributed by atoms with E-state index >= 15 is 0 Å². The van der Waals surface area contributed by atoms with Gasteiger partial charge in [0, 0.05) is 19.1 Å². The van der Waals surface area contributed by atoms with Gasteiger partial charge >= 0.3 is 0 Å². The zero-order chi connectivity index (χ0) is 13.9. The van der Waals surface area contributed by atoms with E-state index in [1.165, 1.54) is 25.1 Å². The number of rotatable bonds is 4. The van der Waals surface area contributed by atoms with Crippen molar-refractivity contribution in [3.05, 3.63) is 35.9 Å². The normalized spacial score (nSPS) is 22.6. The predicted octanol–water partition coefficient (Wildman–Crippen LogP) is 2.92. The molecule has 0 aromatic heterocycles. The van der Waals surface area contributed by atoms with Crippen molar-refractivity contribution < 1.29 is 0 Å². The monoisotopic (exact) mass is 260 g/mol. The number of likely N-dealkylation sites (tertiary alicyclic amines) is 1. The molecule has 1 saturated heterocycles. The van der Waals surface area contributed by atoms with Gasteiger partial charge in [-0.2, -0.15) is 0 Å². The van der Waals surface area contributed by atoms with Gasteiger partial charge in [-0.15, -0.1) is 0 Å². The third-order valence-electron chi connectivity index (χ3n) is 4.33. The fourth-order valence-electron chi connectivity index (χ4n) is 3.02. The van der Waals surface area contributed by atoms with E-state index in [1.54, 1.807) is 0 Å². The summed E-state index contributed by atoms with van der Waals surface area (Å²) in [5, 5.41) is 0. The molecule has 2 N–H and O–H groups in total. The Morgan fingerprint density at radius 3 is 2.53 bits per heavy atom. The predicted molar refractivity (Wildman–Crippen MR) is 82.1 cm³/mol. The first-order valence-corrected chi connectivity index (χ1v) is 7.47. The van der Waals surface area contributed by atoms with Gasteiger partial charge in [-0.25, -0.2) is 0 Å². The first-order valence-electron chi connectivity index (χ1n) is 7.47. The zero-order valence-corrected chi connectivity index (χ0v) is 12.6. The van der Waals surface area contributed by atoms with E-state index in [0.717, 1.165) is 18.9 Å². The maximum atomic E-state index is 6.30. The average molecular weight is 260 g/mol. The third kappa shape index (κ3) is 4.32. The van der Waals surface area contributed by atoms with Gasteiger partial charge in [-0.1, -0.05) is 51.1 Å². The number of nitrogens with two attached hydrogens (primary N) is 1. The number of benzene rings is 1. The molecule has 0 aliphatic carbocycles. The molecule has 1 aromatic rings. The van der Waals surface area contributed by atoms with Gasteiger partial charge in [0.1, 0.15) is 0 Å². The summed E-state index contributed by atoms with van der Waals surface area (Å²) in [4.78, 5) is 2.55. The second-order valence-electron chi connectivity index (χ2n) is 7.06. The lowest BCUT2D eigenvalue weighted by Gasteiger charge is -2.27.